The lowest BCUT2D eigenvalue weighted by atomic mass is 10.1. The number of nitrogens with one attached hydrogen (secondary N) is 1. The summed E-state index contributed by atoms with van der Waals surface area (Å²) in [6.45, 7) is 3.73. The van der Waals surface area contributed by atoms with Gasteiger partial charge < -0.3 is 5.73 Å². The van der Waals surface area contributed by atoms with E-state index in [4.69, 9.17) is 5.73 Å². The molecular weight excluding hydrogens is 384 g/mol. The van der Waals surface area contributed by atoms with Gasteiger partial charge in [-0.2, -0.15) is 0 Å². The Morgan fingerprint density at radius 1 is 0.759 bits per heavy atom. The van der Waals surface area contributed by atoms with Gasteiger partial charge in [-0.3, -0.25) is 4.72 Å². The minimum atomic E-state index is -3.63. The molecule has 0 atom stereocenters. The first-order valence-corrected chi connectivity index (χ1v) is 10.5. The van der Waals surface area contributed by atoms with Gasteiger partial charge in [0, 0.05) is 11.4 Å². The van der Waals surface area contributed by atoms with Gasteiger partial charge in [0.2, 0.25) is 0 Å². The SMILES string of the molecule is Cc1cccc(N)n1.Cc1cccc(NS(=O)(=O)c2ccc3ccccc3c2)n1. The Bertz CT molecular complexity index is 1220. The monoisotopic (exact) mass is 406 g/mol. The number of aryl methyl sites for hydroxylation is 2. The molecule has 0 aliphatic carbocycles. The maximum absolute atomic E-state index is 12.4. The molecule has 0 unspecified atom stereocenters. The van der Waals surface area contributed by atoms with E-state index in [1.165, 1.54) is 0 Å². The molecule has 2 heterocycles. The summed E-state index contributed by atoms with van der Waals surface area (Å²) in [7, 11) is -3.63. The minimum absolute atomic E-state index is 0.226. The molecule has 0 spiro atoms. The maximum atomic E-state index is 12.4. The number of rotatable bonds is 3. The second kappa shape index (κ2) is 8.70. The molecular formula is C22H22N4O2S. The number of hydrogen-bond donors (Lipinski definition) is 2. The van der Waals surface area contributed by atoms with Crippen LogP contribution in [0.2, 0.25) is 0 Å². The molecule has 4 aromatic rings. The third-order valence-corrected chi connectivity index (χ3v) is 5.42. The zero-order valence-electron chi connectivity index (χ0n) is 16.2. The van der Waals surface area contributed by atoms with Crippen molar-refractivity contribution in [1.29, 1.82) is 0 Å². The zero-order chi connectivity index (χ0) is 20.9. The van der Waals surface area contributed by atoms with E-state index in [9.17, 15) is 8.42 Å². The molecule has 29 heavy (non-hydrogen) atoms. The van der Waals surface area contributed by atoms with Gasteiger partial charge in [-0.05, 0) is 61.0 Å². The molecule has 2 aromatic carbocycles. The van der Waals surface area contributed by atoms with Crippen molar-refractivity contribution >= 4 is 32.4 Å². The Kier molecular flexibility index (Phi) is 6.09. The second-order valence-corrected chi connectivity index (χ2v) is 8.16. The number of fused-ring (bicyclic) bond motifs is 1. The molecule has 0 amide bonds. The molecule has 6 nitrogen and oxygen atoms in total. The molecule has 0 saturated carbocycles. The average Bonchev–Trinajstić information content (AvgIpc) is 2.67. The van der Waals surface area contributed by atoms with Crippen LogP contribution in [0.5, 0.6) is 0 Å². The highest BCUT2D eigenvalue weighted by atomic mass is 32.2. The Morgan fingerprint density at radius 3 is 2.03 bits per heavy atom. The normalized spacial score (nSPS) is 10.8. The Labute approximate surface area is 170 Å². The summed E-state index contributed by atoms with van der Waals surface area (Å²) >= 11 is 0. The first-order chi connectivity index (χ1) is 13.8. The third kappa shape index (κ3) is 5.52. The van der Waals surface area contributed by atoms with Gasteiger partial charge in [0.1, 0.15) is 11.6 Å². The summed E-state index contributed by atoms with van der Waals surface area (Å²) in [6, 6.07) is 23.5. The molecule has 0 aliphatic heterocycles. The molecule has 0 fully saturated rings. The highest BCUT2D eigenvalue weighted by Gasteiger charge is 2.15. The number of nitrogens with two attached hydrogens (primary N) is 1. The maximum Gasteiger partial charge on any atom is 0.263 e. The second-order valence-electron chi connectivity index (χ2n) is 6.48. The quantitative estimate of drug-likeness (QED) is 0.528. The Morgan fingerprint density at radius 2 is 1.41 bits per heavy atom. The number of nitrogens with zero attached hydrogens (tertiary/aromatic N) is 2. The van der Waals surface area contributed by atoms with Gasteiger partial charge in [0.15, 0.2) is 0 Å². The third-order valence-electron chi connectivity index (χ3n) is 4.07. The molecule has 7 heteroatoms. The van der Waals surface area contributed by atoms with E-state index in [1.807, 2.05) is 56.3 Å². The fraction of sp³-hybridized carbons (Fsp3) is 0.0909. The Hall–Kier alpha value is -3.45. The number of benzene rings is 2. The van der Waals surface area contributed by atoms with Crippen LogP contribution in [0.3, 0.4) is 0 Å². The summed E-state index contributed by atoms with van der Waals surface area (Å²) in [5.74, 6) is 0.910. The van der Waals surface area contributed by atoms with E-state index < -0.39 is 10.0 Å². The molecule has 0 saturated heterocycles. The van der Waals surface area contributed by atoms with Crippen molar-refractivity contribution in [1.82, 2.24) is 9.97 Å². The van der Waals surface area contributed by atoms with Crippen LogP contribution in [0.15, 0.2) is 83.8 Å². The van der Waals surface area contributed by atoms with Crippen molar-refractivity contribution in [3.8, 4) is 0 Å². The van der Waals surface area contributed by atoms with E-state index in [-0.39, 0.29) is 4.90 Å². The highest BCUT2D eigenvalue weighted by molar-refractivity contribution is 7.92. The summed E-state index contributed by atoms with van der Waals surface area (Å²) in [5.41, 5.74) is 7.07. The van der Waals surface area contributed by atoms with Gasteiger partial charge >= 0.3 is 0 Å². The number of pyridine rings is 2. The standard InChI is InChI=1S/C16H14N2O2S.C6H8N2/c1-12-5-4-8-16(17-12)18-21(19,20)15-10-9-13-6-2-3-7-14(13)11-15;1-5-3-2-4-6(7)8-5/h2-11H,1H3,(H,17,18);2-4H,1H3,(H2,7,8). The van der Waals surface area contributed by atoms with Gasteiger partial charge in [0.05, 0.1) is 4.90 Å². The van der Waals surface area contributed by atoms with E-state index >= 15 is 0 Å². The molecule has 2 aromatic heterocycles. The van der Waals surface area contributed by atoms with Crippen molar-refractivity contribution in [3.05, 3.63) is 90.3 Å². The van der Waals surface area contributed by atoms with Crippen LogP contribution < -0.4 is 10.5 Å². The number of nitrogen functional groups attached to an aromatic ring is 1. The summed E-state index contributed by atoms with van der Waals surface area (Å²) in [5, 5.41) is 1.89. The lowest BCUT2D eigenvalue weighted by Gasteiger charge is -2.08. The van der Waals surface area contributed by atoms with Gasteiger partial charge in [-0.1, -0.05) is 42.5 Å². The van der Waals surface area contributed by atoms with Crippen LogP contribution in [0, 0.1) is 13.8 Å². The molecule has 0 aliphatic rings. The van der Waals surface area contributed by atoms with Crippen LogP contribution >= 0.6 is 0 Å². The van der Waals surface area contributed by atoms with Crippen molar-refractivity contribution < 1.29 is 8.42 Å². The average molecular weight is 407 g/mol. The lowest BCUT2D eigenvalue weighted by Crippen LogP contribution is -2.14. The molecule has 148 valence electrons. The smallest absolute Gasteiger partial charge is 0.263 e. The minimum Gasteiger partial charge on any atom is -0.384 e. The first kappa shape index (κ1) is 20.3. The molecule has 3 N–H and O–H groups in total. The van der Waals surface area contributed by atoms with E-state index in [2.05, 4.69) is 14.7 Å². The summed E-state index contributed by atoms with van der Waals surface area (Å²) in [4.78, 5) is 8.33. The van der Waals surface area contributed by atoms with Gasteiger partial charge in [0.25, 0.3) is 10.0 Å². The molecule has 4 rings (SSSR count). The zero-order valence-corrected chi connectivity index (χ0v) is 17.0. The predicted molar refractivity (Wildman–Crippen MR) is 117 cm³/mol. The van der Waals surface area contributed by atoms with Crippen LogP contribution in [0.1, 0.15) is 11.4 Å². The number of sulfonamides is 1. The highest BCUT2D eigenvalue weighted by Crippen LogP contribution is 2.20. The van der Waals surface area contributed by atoms with Gasteiger partial charge in [-0.25, -0.2) is 18.4 Å². The van der Waals surface area contributed by atoms with Crippen LogP contribution in [0.4, 0.5) is 11.6 Å². The number of anilines is 2. The number of aromatic nitrogens is 2. The predicted octanol–water partition coefficient (Wildman–Crippen LogP) is 4.32. The van der Waals surface area contributed by atoms with E-state index in [0.717, 1.165) is 22.2 Å². The van der Waals surface area contributed by atoms with Gasteiger partial charge in [-0.15, -0.1) is 0 Å². The first-order valence-electron chi connectivity index (χ1n) is 8.98. The van der Waals surface area contributed by atoms with Crippen molar-refractivity contribution in [2.75, 3.05) is 10.5 Å². The fourth-order valence-electron chi connectivity index (χ4n) is 2.70. The van der Waals surface area contributed by atoms with Crippen molar-refractivity contribution in [2.45, 2.75) is 18.7 Å². The number of hydrogen-bond acceptors (Lipinski definition) is 5. The topological polar surface area (TPSA) is 98.0 Å². The van der Waals surface area contributed by atoms with Crippen LogP contribution in [0.25, 0.3) is 10.8 Å². The summed E-state index contributed by atoms with van der Waals surface area (Å²) in [6.07, 6.45) is 0. The largest absolute Gasteiger partial charge is 0.384 e. The Balaban J connectivity index is 0.000000252. The lowest BCUT2D eigenvalue weighted by molar-refractivity contribution is 0.601. The summed E-state index contributed by atoms with van der Waals surface area (Å²) < 4.78 is 27.3. The van der Waals surface area contributed by atoms with Crippen molar-refractivity contribution in [3.63, 3.8) is 0 Å². The van der Waals surface area contributed by atoms with E-state index in [1.54, 1.807) is 36.4 Å². The molecule has 0 bridgehead atoms. The van der Waals surface area contributed by atoms with E-state index in [0.29, 0.717) is 11.6 Å². The molecule has 0 radical (unpaired) electrons. The van der Waals surface area contributed by atoms with Crippen molar-refractivity contribution in [2.24, 2.45) is 0 Å². The van der Waals surface area contributed by atoms with Crippen LogP contribution in [-0.2, 0) is 10.0 Å². The van der Waals surface area contributed by atoms with Crippen LogP contribution in [-0.4, -0.2) is 18.4 Å². The fourth-order valence-corrected chi connectivity index (χ4v) is 3.73.